The van der Waals surface area contributed by atoms with Crippen LogP contribution in [0.4, 0.5) is 10.5 Å². The fourth-order valence-electron chi connectivity index (χ4n) is 3.03. The molecule has 2 aromatic carbocycles. The lowest BCUT2D eigenvalue weighted by Crippen LogP contribution is -2.34. The van der Waals surface area contributed by atoms with Gasteiger partial charge in [0.2, 0.25) is 0 Å². The number of nitrogens with one attached hydrogen (secondary N) is 2. The number of amides is 2. The van der Waals surface area contributed by atoms with Gasteiger partial charge in [-0.1, -0.05) is 30.7 Å². The number of ether oxygens (including phenoxy) is 2. The van der Waals surface area contributed by atoms with Crippen molar-refractivity contribution in [3.63, 3.8) is 0 Å². The maximum atomic E-state index is 12.7. The van der Waals surface area contributed by atoms with Crippen molar-refractivity contribution in [3.05, 3.63) is 58.6 Å². The summed E-state index contributed by atoms with van der Waals surface area (Å²) in [5, 5.41) is 2.51. The predicted octanol–water partition coefficient (Wildman–Crippen LogP) is 4.47. The number of halogens is 1. The minimum Gasteiger partial charge on any atom is -0.465 e. The van der Waals surface area contributed by atoms with E-state index in [9.17, 15) is 22.8 Å². The summed E-state index contributed by atoms with van der Waals surface area (Å²) in [6.45, 7) is 7.12. The lowest BCUT2D eigenvalue weighted by atomic mass is 9.96. The summed E-state index contributed by atoms with van der Waals surface area (Å²) >= 11 is 5.91. The van der Waals surface area contributed by atoms with Crippen LogP contribution in [0, 0.1) is 0 Å². The minimum atomic E-state index is -4.25. The van der Waals surface area contributed by atoms with Crippen LogP contribution in [0.3, 0.4) is 0 Å². The Labute approximate surface area is 203 Å². The van der Waals surface area contributed by atoms with Gasteiger partial charge in [-0.3, -0.25) is 4.79 Å². The molecular weight excluding hydrogens is 484 g/mol. The molecule has 184 valence electrons. The van der Waals surface area contributed by atoms with E-state index in [1.807, 2.05) is 11.6 Å². The van der Waals surface area contributed by atoms with Gasteiger partial charge < -0.3 is 14.8 Å². The Bertz CT molecular complexity index is 1170. The van der Waals surface area contributed by atoms with Crippen LogP contribution in [-0.2, 0) is 24.3 Å². The van der Waals surface area contributed by atoms with Crippen molar-refractivity contribution < 1.29 is 32.3 Å². The number of carbonyl (C=O) groups excluding carboxylic acids is 3. The van der Waals surface area contributed by atoms with Gasteiger partial charge in [0, 0.05) is 5.02 Å². The van der Waals surface area contributed by atoms with Crippen LogP contribution < -0.4 is 10.0 Å². The van der Waals surface area contributed by atoms with Gasteiger partial charge in [0.05, 0.1) is 29.2 Å². The zero-order valence-electron chi connectivity index (χ0n) is 19.5. The maximum absolute atomic E-state index is 12.7. The van der Waals surface area contributed by atoms with Crippen molar-refractivity contribution in [1.29, 1.82) is 0 Å². The molecule has 1 unspecified atom stereocenters. The molecule has 11 heteroatoms. The van der Waals surface area contributed by atoms with E-state index in [2.05, 4.69) is 10.1 Å². The van der Waals surface area contributed by atoms with E-state index in [4.69, 9.17) is 16.3 Å². The highest BCUT2D eigenvalue weighted by Gasteiger charge is 2.26. The van der Waals surface area contributed by atoms with Crippen LogP contribution in [0.15, 0.2) is 47.4 Å². The van der Waals surface area contributed by atoms with E-state index >= 15 is 0 Å². The van der Waals surface area contributed by atoms with Gasteiger partial charge in [0.25, 0.3) is 10.0 Å². The summed E-state index contributed by atoms with van der Waals surface area (Å²) in [6.07, 6.45) is 0.462. The second-order valence-electron chi connectivity index (χ2n) is 8.30. The largest absolute Gasteiger partial charge is 0.465 e. The van der Waals surface area contributed by atoms with Gasteiger partial charge in [-0.2, -0.15) is 0 Å². The molecule has 2 amide bonds. The average Bonchev–Trinajstić information content (AvgIpc) is 2.72. The van der Waals surface area contributed by atoms with Crippen molar-refractivity contribution in [2.24, 2.45) is 0 Å². The molecular formula is C23H27ClN2O7S. The summed E-state index contributed by atoms with van der Waals surface area (Å²) in [5.41, 5.74) is -0.0919. The van der Waals surface area contributed by atoms with Crippen LogP contribution in [0.1, 0.15) is 56.0 Å². The Morgan fingerprint density at radius 1 is 1.06 bits per heavy atom. The van der Waals surface area contributed by atoms with Crippen LogP contribution in [-0.4, -0.2) is 39.1 Å². The van der Waals surface area contributed by atoms with E-state index in [1.165, 1.54) is 49.6 Å². The van der Waals surface area contributed by atoms with Crippen LogP contribution in [0.2, 0.25) is 5.02 Å². The first-order valence-electron chi connectivity index (χ1n) is 10.3. The second-order valence-corrected chi connectivity index (χ2v) is 10.4. The first-order valence-corrected chi connectivity index (χ1v) is 12.2. The van der Waals surface area contributed by atoms with E-state index in [0.717, 1.165) is 0 Å². The van der Waals surface area contributed by atoms with Crippen LogP contribution >= 0.6 is 11.6 Å². The molecule has 0 aromatic heterocycles. The number of carbonyl (C=O) groups is 3. The Kier molecular flexibility index (Phi) is 8.68. The normalized spacial score (nSPS) is 12.4. The number of hydrogen-bond donors (Lipinski definition) is 2. The number of sulfonamides is 1. The van der Waals surface area contributed by atoms with E-state index < -0.39 is 39.5 Å². The predicted molar refractivity (Wildman–Crippen MR) is 127 cm³/mol. The number of benzene rings is 2. The topological polar surface area (TPSA) is 128 Å². The summed E-state index contributed by atoms with van der Waals surface area (Å²) < 4.78 is 37.3. The summed E-state index contributed by atoms with van der Waals surface area (Å²) in [6, 6.07) is 8.53. The number of esters is 2. The fraction of sp³-hybridized carbons (Fsp3) is 0.348. The zero-order valence-corrected chi connectivity index (χ0v) is 21.0. The van der Waals surface area contributed by atoms with Crippen molar-refractivity contribution >= 4 is 45.3 Å². The van der Waals surface area contributed by atoms with Gasteiger partial charge in [-0.15, -0.1) is 0 Å². The molecule has 0 fully saturated rings. The third-order valence-corrected chi connectivity index (χ3v) is 6.14. The Hall–Kier alpha value is -3.11. The third kappa shape index (κ3) is 7.19. The molecule has 0 aliphatic heterocycles. The van der Waals surface area contributed by atoms with E-state index in [-0.39, 0.29) is 21.2 Å². The van der Waals surface area contributed by atoms with E-state index in [0.29, 0.717) is 12.0 Å². The third-order valence-electron chi connectivity index (χ3n) is 4.55. The molecule has 2 rings (SSSR count). The molecule has 34 heavy (non-hydrogen) atoms. The molecule has 0 radical (unpaired) electrons. The number of rotatable bonds is 7. The minimum absolute atomic E-state index is 0.00319. The fourth-order valence-corrected chi connectivity index (χ4v) is 4.11. The summed E-state index contributed by atoms with van der Waals surface area (Å²) in [7, 11) is -3.09. The Balaban J connectivity index is 2.18. The number of anilines is 1. The lowest BCUT2D eigenvalue weighted by molar-refractivity contribution is -0.156. The quantitative estimate of drug-likeness (QED) is 0.526. The standard InChI is InChI=1S/C23H27ClN2O7S/c1-6-17(21(28)33-23(2,3)4)14-7-10-16(11-8-14)34(30,31)26-22(29)25-19-13-15(24)9-12-18(19)20(27)32-5/h7-13,17H,6H2,1-5H3,(H2,25,26,29). The highest BCUT2D eigenvalue weighted by Crippen LogP contribution is 2.25. The zero-order chi connectivity index (χ0) is 25.7. The van der Waals surface area contributed by atoms with Crippen LogP contribution in [0.5, 0.6) is 0 Å². The molecule has 0 heterocycles. The highest BCUT2D eigenvalue weighted by molar-refractivity contribution is 7.90. The van der Waals surface area contributed by atoms with Gasteiger partial charge in [0.15, 0.2) is 0 Å². The molecule has 2 aromatic rings. The number of urea groups is 1. The van der Waals surface area contributed by atoms with Crippen LogP contribution in [0.25, 0.3) is 0 Å². The smallest absolute Gasteiger partial charge is 0.339 e. The second kappa shape index (κ2) is 10.9. The van der Waals surface area contributed by atoms with E-state index in [1.54, 1.807) is 20.8 Å². The summed E-state index contributed by atoms with van der Waals surface area (Å²) in [5.74, 6) is -1.71. The molecule has 1 atom stereocenters. The maximum Gasteiger partial charge on any atom is 0.339 e. The molecule has 0 saturated heterocycles. The average molecular weight is 511 g/mol. The Morgan fingerprint density at radius 2 is 1.68 bits per heavy atom. The highest BCUT2D eigenvalue weighted by atomic mass is 35.5. The van der Waals surface area contributed by atoms with Crippen molar-refractivity contribution in [2.75, 3.05) is 12.4 Å². The van der Waals surface area contributed by atoms with Gasteiger partial charge in [-0.25, -0.2) is 22.7 Å². The molecule has 9 nitrogen and oxygen atoms in total. The molecule has 2 N–H and O–H groups in total. The van der Waals surface area contributed by atoms with Gasteiger partial charge in [-0.05, 0) is 63.1 Å². The molecule has 0 aliphatic rings. The molecule has 0 saturated carbocycles. The van der Waals surface area contributed by atoms with Crippen molar-refractivity contribution in [1.82, 2.24) is 4.72 Å². The molecule has 0 bridgehead atoms. The monoisotopic (exact) mass is 510 g/mol. The number of hydrogen-bond acceptors (Lipinski definition) is 7. The van der Waals surface area contributed by atoms with Gasteiger partial charge >= 0.3 is 18.0 Å². The first kappa shape index (κ1) is 27.1. The summed E-state index contributed by atoms with van der Waals surface area (Å²) in [4.78, 5) is 36.5. The molecule has 0 aliphatic carbocycles. The van der Waals surface area contributed by atoms with Crippen molar-refractivity contribution in [3.8, 4) is 0 Å². The number of methoxy groups -OCH3 is 1. The van der Waals surface area contributed by atoms with Crippen molar-refractivity contribution in [2.45, 2.75) is 50.5 Å². The first-order chi connectivity index (χ1) is 15.8. The Morgan fingerprint density at radius 3 is 2.21 bits per heavy atom. The molecule has 0 spiro atoms. The SMILES string of the molecule is CCC(C(=O)OC(C)(C)C)c1ccc(S(=O)(=O)NC(=O)Nc2cc(Cl)ccc2C(=O)OC)cc1. The lowest BCUT2D eigenvalue weighted by Gasteiger charge is -2.23. The van der Waals surface area contributed by atoms with Gasteiger partial charge in [0.1, 0.15) is 5.60 Å².